The van der Waals surface area contributed by atoms with Crippen LogP contribution in [0.1, 0.15) is 11.1 Å². The molecule has 0 unspecified atom stereocenters. The summed E-state index contributed by atoms with van der Waals surface area (Å²) in [4.78, 5) is 4.03. The number of rotatable bonds is 5. The average Bonchev–Trinajstić information content (AvgIpc) is 3.16. The molecule has 0 atom stereocenters. The Hall–Kier alpha value is -2.99. The fraction of sp³-hybridized carbons (Fsp3) is 0.0556. The predicted octanol–water partition coefficient (Wildman–Crippen LogP) is 2.87. The molecule has 3 aromatic rings. The molecule has 1 aromatic heterocycles. The first kappa shape index (κ1) is 15.9. The van der Waals surface area contributed by atoms with E-state index in [0.29, 0.717) is 11.7 Å². The molecule has 0 spiro atoms. The summed E-state index contributed by atoms with van der Waals surface area (Å²) in [6.07, 6.45) is 7.15. The van der Waals surface area contributed by atoms with Crippen LogP contribution < -0.4 is 10.7 Å². The Morgan fingerprint density at radius 2 is 1.92 bits per heavy atom. The monoisotopic (exact) mass is 335 g/mol. The number of imidazole rings is 1. The van der Waals surface area contributed by atoms with E-state index in [-0.39, 0.29) is 0 Å². The molecule has 1 heterocycles. The largest absolute Gasteiger partial charge is 0.357 e. The highest BCUT2D eigenvalue weighted by Crippen LogP contribution is 2.07. The van der Waals surface area contributed by atoms with Gasteiger partial charge in [-0.25, -0.2) is 4.98 Å². The van der Waals surface area contributed by atoms with Gasteiger partial charge in [0.25, 0.3) is 0 Å². The summed E-state index contributed by atoms with van der Waals surface area (Å²) in [6.45, 7) is 0.668. The van der Waals surface area contributed by atoms with Gasteiger partial charge in [-0.2, -0.15) is 5.10 Å². The van der Waals surface area contributed by atoms with Crippen molar-refractivity contribution in [3.63, 3.8) is 0 Å². The Morgan fingerprint density at radius 3 is 2.62 bits per heavy atom. The second-order valence-corrected chi connectivity index (χ2v) is 5.51. The smallest absolute Gasteiger partial charge is 0.187 e. The third-order valence-electron chi connectivity index (χ3n) is 3.37. The summed E-state index contributed by atoms with van der Waals surface area (Å²) in [5, 5.41) is 7.75. The van der Waals surface area contributed by atoms with Crippen molar-refractivity contribution in [1.82, 2.24) is 20.3 Å². The fourth-order valence-electron chi connectivity index (χ4n) is 2.13. The van der Waals surface area contributed by atoms with Gasteiger partial charge in [0.1, 0.15) is 0 Å². The maximum absolute atomic E-state index is 5.20. The summed E-state index contributed by atoms with van der Waals surface area (Å²) in [6, 6.07) is 18.1. The molecule has 0 radical (unpaired) electrons. The molecule has 0 aliphatic heterocycles. The number of thiocarbonyl (C=S) groups is 1. The van der Waals surface area contributed by atoms with E-state index in [4.69, 9.17) is 12.2 Å². The second-order valence-electron chi connectivity index (χ2n) is 5.10. The molecule has 0 aliphatic carbocycles. The topological polar surface area (TPSA) is 54.2 Å². The van der Waals surface area contributed by atoms with Crippen LogP contribution >= 0.6 is 12.2 Å². The SMILES string of the molecule is S=C(NCc1ccccc1)N/N=C/c1ccc(-n2ccnc2)cc1. The summed E-state index contributed by atoms with van der Waals surface area (Å²) in [5.41, 5.74) is 6.02. The quantitative estimate of drug-likeness (QED) is 0.428. The zero-order valence-corrected chi connectivity index (χ0v) is 13.8. The van der Waals surface area contributed by atoms with E-state index in [2.05, 4.69) is 20.8 Å². The van der Waals surface area contributed by atoms with Crippen LogP contribution in [0.2, 0.25) is 0 Å². The lowest BCUT2D eigenvalue weighted by Crippen LogP contribution is -2.31. The van der Waals surface area contributed by atoms with Gasteiger partial charge in [0.15, 0.2) is 5.11 Å². The van der Waals surface area contributed by atoms with E-state index >= 15 is 0 Å². The maximum Gasteiger partial charge on any atom is 0.187 e. The van der Waals surface area contributed by atoms with Gasteiger partial charge in [0, 0.05) is 24.6 Å². The minimum absolute atomic E-state index is 0.491. The third-order valence-corrected chi connectivity index (χ3v) is 3.61. The van der Waals surface area contributed by atoms with Crippen molar-refractivity contribution in [2.45, 2.75) is 6.54 Å². The number of hydrogen-bond acceptors (Lipinski definition) is 3. The minimum atomic E-state index is 0.491. The lowest BCUT2D eigenvalue weighted by molar-refractivity contribution is 0.869. The first-order valence-corrected chi connectivity index (χ1v) is 7.91. The van der Waals surface area contributed by atoms with Gasteiger partial charge < -0.3 is 9.88 Å². The van der Waals surface area contributed by atoms with Crippen LogP contribution in [0.5, 0.6) is 0 Å². The molecule has 0 bridgehead atoms. The first-order valence-electron chi connectivity index (χ1n) is 7.50. The first-order chi connectivity index (χ1) is 11.8. The second kappa shape index (κ2) is 8.03. The van der Waals surface area contributed by atoms with Crippen molar-refractivity contribution < 1.29 is 0 Å². The van der Waals surface area contributed by atoms with Crippen LogP contribution in [0.3, 0.4) is 0 Å². The third kappa shape index (κ3) is 4.50. The summed E-state index contributed by atoms with van der Waals surface area (Å²) in [5.74, 6) is 0. The van der Waals surface area contributed by atoms with Gasteiger partial charge in [-0.05, 0) is 35.5 Å². The summed E-state index contributed by atoms with van der Waals surface area (Å²) >= 11 is 5.20. The molecule has 5 nitrogen and oxygen atoms in total. The van der Waals surface area contributed by atoms with Crippen molar-refractivity contribution in [3.8, 4) is 5.69 Å². The van der Waals surface area contributed by atoms with Gasteiger partial charge in [-0.1, -0.05) is 42.5 Å². The molecule has 0 aliphatic rings. The standard InChI is InChI=1S/C18H17N5S/c24-18(20-12-15-4-2-1-3-5-15)22-21-13-16-6-8-17(9-7-16)23-11-10-19-14-23/h1-11,13-14H,12H2,(H2,20,22,24)/b21-13+. The van der Waals surface area contributed by atoms with Gasteiger partial charge in [-0.3, -0.25) is 5.43 Å². The van der Waals surface area contributed by atoms with Gasteiger partial charge in [0.05, 0.1) is 12.5 Å². The number of benzene rings is 2. The Morgan fingerprint density at radius 1 is 1.12 bits per heavy atom. The summed E-state index contributed by atoms with van der Waals surface area (Å²) in [7, 11) is 0. The molecule has 6 heteroatoms. The zero-order chi connectivity index (χ0) is 16.6. The van der Waals surface area contributed by atoms with Crippen LogP contribution in [0.15, 0.2) is 78.4 Å². The molecule has 0 amide bonds. The number of hydrogen-bond donors (Lipinski definition) is 2. The Labute approximate surface area is 146 Å². The van der Waals surface area contributed by atoms with Crippen LogP contribution in [-0.2, 0) is 6.54 Å². The van der Waals surface area contributed by atoms with Crippen LogP contribution in [-0.4, -0.2) is 20.9 Å². The highest BCUT2D eigenvalue weighted by molar-refractivity contribution is 7.80. The minimum Gasteiger partial charge on any atom is -0.357 e. The number of hydrazone groups is 1. The number of nitrogens with one attached hydrogen (secondary N) is 2. The lowest BCUT2D eigenvalue weighted by atomic mass is 10.2. The lowest BCUT2D eigenvalue weighted by Gasteiger charge is -2.06. The molecular weight excluding hydrogens is 318 g/mol. The molecule has 0 fully saturated rings. The van der Waals surface area contributed by atoms with Crippen molar-refractivity contribution >= 4 is 23.5 Å². The Bertz CT molecular complexity index is 795. The molecule has 2 aromatic carbocycles. The maximum atomic E-state index is 5.20. The van der Waals surface area contributed by atoms with Gasteiger partial charge in [0.2, 0.25) is 0 Å². The van der Waals surface area contributed by atoms with Crippen molar-refractivity contribution in [2.75, 3.05) is 0 Å². The van der Waals surface area contributed by atoms with E-state index in [1.807, 2.05) is 65.4 Å². The van der Waals surface area contributed by atoms with Crippen molar-refractivity contribution in [1.29, 1.82) is 0 Å². The molecule has 24 heavy (non-hydrogen) atoms. The number of nitrogens with zero attached hydrogens (tertiary/aromatic N) is 3. The van der Waals surface area contributed by atoms with Gasteiger partial charge in [-0.15, -0.1) is 0 Å². The highest BCUT2D eigenvalue weighted by atomic mass is 32.1. The normalized spacial score (nSPS) is 10.7. The molecule has 120 valence electrons. The summed E-state index contributed by atoms with van der Waals surface area (Å²) < 4.78 is 1.95. The van der Waals surface area contributed by atoms with Crippen LogP contribution in [0, 0.1) is 0 Å². The molecule has 0 saturated heterocycles. The van der Waals surface area contributed by atoms with E-state index in [9.17, 15) is 0 Å². The van der Waals surface area contributed by atoms with E-state index in [1.54, 1.807) is 18.7 Å². The van der Waals surface area contributed by atoms with E-state index < -0.39 is 0 Å². The number of aromatic nitrogens is 2. The fourth-order valence-corrected chi connectivity index (χ4v) is 2.25. The molecule has 3 rings (SSSR count). The predicted molar refractivity (Wildman–Crippen MR) is 100 cm³/mol. The Kier molecular flexibility index (Phi) is 5.32. The highest BCUT2D eigenvalue weighted by Gasteiger charge is 1.96. The average molecular weight is 335 g/mol. The molecule has 0 saturated carbocycles. The van der Waals surface area contributed by atoms with Crippen molar-refractivity contribution in [3.05, 3.63) is 84.4 Å². The van der Waals surface area contributed by atoms with Crippen LogP contribution in [0.25, 0.3) is 5.69 Å². The molecule has 2 N–H and O–H groups in total. The van der Waals surface area contributed by atoms with E-state index in [1.165, 1.54) is 5.56 Å². The van der Waals surface area contributed by atoms with E-state index in [0.717, 1.165) is 11.3 Å². The zero-order valence-electron chi connectivity index (χ0n) is 13.0. The van der Waals surface area contributed by atoms with Gasteiger partial charge >= 0.3 is 0 Å². The molecular formula is C18H17N5S. The Balaban J connectivity index is 1.48. The van der Waals surface area contributed by atoms with Crippen LogP contribution in [0.4, 0.5) is 0 Å². The van der Waals surface area contributed by atoms with Crippen molar-refractivity contribution in [2.24, 2.45) is 5.10 Å².